The fraction of sp³-hybridized carbons (Fsp3) is 0.167. The Hall–Kier alpha value is -8.88. The van der Waals surface area contributed by atoms with E-state index in [1.54, 1.807) is 24.3 Å². The first kappa shape index (κ1) is 59.8. The van der Waals surface area contributed by atoms with Crippen LogP contribution in [0.1, 0.15) is 55.4 Å². The van der Waals surface area contributed by atoms with E-state index < -0.39 is 36.6 Å². The van der Waals surface area contributed by atoms with E-state index >= 15 is 4.39 Å². The molecule has 13 rings (SSSR count). The Bertz CT molecular complexity index is 3970. The van der Waals surface area contributed by atoms with E-state index in [0.717, 1.165) is 55.8 Å². The zero-order valence-electron chi connectivity index (χ0n) is 49.6. The summed E-state index contributed by atoms with van der Waals surface area (Å²) in [6.45, 7) is 15.8. The normalized spacial score (nSPS) is 15.2. The smallest absolute Gasteiger partial charge is 0.399 e. The molecule has 0 amide bonds. The number of nitrogens with zero attached hydrogens (tertiary/aromatic N) is 6. The van der Waals surface area contributed by atoms with Gasteiger partial charge in [0.05, 0.1) is 50.9 Å². The van der Waals surface area contributed by atoms with Crippen LogP contribution in [0.4, 0.5) is 8.78 Å². The molecule has 0 saturated carbocycles. The van der Waals surface area contributed by atoms with E-state index in [9.17, 15) is 4.39 Å². The molecule has 2 fully saturated rings. The molecule has 0 spiro atoms. The molecular formula is C72H63B2ClF2N6O4. The number of hydrogen-bond acceptors (Lipinski definition) is 10. The summed E-state index contributed by atoms with van der Waals surface area (Å²) in [6, 6.07) is 74.7. The predicted octanol–water partition coefficient (Wildman–Crippen LogP) is 16.3. The maximum Gasteiger partial charge on any atom is 0.497 e. The standard InChI is InChI=1S/C38H25FN4.C18H27B2FO4.C16H11ClN2/c39-32-22-21-30(35-24-33(26-13-5-1-6-14-26)40-37(42-35)28-17-9-3-10-18-28)23-31(32)36-25-34(27-15-7-2-8-16-27)41-38(43-36)29-19-11-4-12-20-29;1-15(2)16(3,4)23-19(22-15)12-9-10-14(21)13(11-12)20-24-17(5,6)18(7,8)25-20;17-15-11-14(12-7-3-1-4-8-12)18-16(19-15)13-9-5-2-6-10-13/h1-25H;9-11H,1-8H3;1-11H. The van der Waals surface area contributed by atoms with Gasteiger partial charge in [-0.2, -0.15) is 0 Å². The Morgan fingerprint density at radius 1 is 0.310 bits per heavy atom. The van der Waals surface area contributed by atoms with Gasteiger partial charge in [-0.25, -0.2) is 38.7 Å². The Labute approximate surface area is 513 Å². The highest BCUT2D eigenvalue weighted by Gasteiger charge is 2.54. The molecule has 87 heavy (non-hydrogen) atoms. The largest absolute Gasteiger partial charge is 0.497 e. The maximum absolute atomic E-state index is 15.6. The molecule has 0 atom stereocenters. The Kier molecular flexibility index (Phi) is 17.3. The lowest BCUT2D eigenvalue weighted by Gasteiger charge is -2.32. The van der Waals surface area contributed by atoms with Crippen molar-refractivity contribution in [1.29, 1.82) is 0 Å². The van der Waals surface area contributed by atoms with E-state index in [2.05, 4.69) is 9.97 Å². The second kappa shape index (κ2) is 25.2. The highest BCUT2D eigenvalue weighted by molar-refractivity contribution is 6.66. The average Bonchev–Trinajstić information content (AvgIpc) is 2.19. The van der Waals surface area contributed by atoms with E-state index in [0.29, 0.717) is 50.7 Å². The zero-order chi connectivity index (χ0) is 60.9. The van der Waals surface area contributed by atoms with Crippen molar-refractivity contribution in [2.75, 3.05) is 0 Å². The first-order chi connectivity index (χ1) is 41.8. The van der Waals surface area contributed by atoms with Gasteiger partial charge in [-0.15, -0.1) is 0 Å². The van der Waals surface area contributed by atoms with Crippen molar-refractivity contribution >= 4 is 36.8 Å². The maximum atomic E-state index is 15.6. The van der Waals surface area contributed by atoms with Crippen molar-refractivity contribution < 1.29 is 27.4 Å². The molecule has 5 heterocycles. The molecule has 8 aromatic carbocycles. The van der Waals surface area contributed by atoms with E-state index in [1.807, 2.05) is 256 Å². The molecule has 3 aromatic heterocycles. The molecule has 10 nitrogen and oxygen atoms in total. The van der Waals surface area contributed by atoms with Crippen LogP contribution in [-0.2, 0) is 18.6 Å². The molecule has 0 aliphatic carbocycles. The third-order valence-electron chi connectivity index (χ3n) is 16.0. The van der Waals surface area contributed by atoms with Gasteiger partial charge in [0.1, 0.15) is 16.8 Å². The first-order valence-electron chi connectivity index (χ1n) is 28.8. The summed E-state index contributed by atoms with van der Waals surface area (Å²) >= 11 is 6.10. The second-order valence-corrected chi connectivity index (χ2v) is 23.6. The van der Waals surface area contributed by atoms with Crippen LogP contribution in [0.5, 0.6) is 0 Å². The molecule has 2 aliphatic rings. The van der Waals surface area contributed by atoms with Crippen molar-refractivity contribution in [2.24, 2.45) is 0 Å². The highest BCUT2D eigenvalue weighted by atomic mass is 35.5. The number of rotatable bonds is 10. The van der Waals surface area contributed by atoms with Crippen LogP contribution in [0.15, 0.2) is 237 Å². The van der Waals surface area contributed by atoms with E-state index in [-0.39, 0.29) is 11.6 Å². The van der Waals surface area contributed by atoms with E-state index in [4.69, 9.17) is 50.2 Å². The van der Waals surface area contributed by atoms with Crippen molar-refractivity contribution in [3.8, 4) is 90.5 Å². The summed E-state index contributed by atoms with van der Waals surface area (Å²) in [5.74, 6) is 1.04. The third-order valence-corrected chi connectivity index (χ3v) is 16.2. The predicted molar refractivity (Wildman–Crippen MR) is 346 cm³/mol. The number of hydrogen-bond donors (Lipinski definition) is 0. The lowest BCUT2D eigenvalue weighted by atomic mass is 9.71. The average molecular weight is 1170 g/mol. The van der Waals surface area contributed by atoms with Gasteiger partial charge in [-0.3, -0.25) is 0 Å². The molecule has 2 aliphatic heterocycles. The quantitative estimate of drug-likeness (QED) is 0.0968. The summed E-state index contributed by atoms with van der Waals surface area (Å²) < 4.78 is 54.2. The van der Waals surface area contributed by atoms with Gasteiger partial charge in [-0.05, 0) is 97.3 Å². The van der Waals surface area contributed by atoms with E-state index in [1.165, 1.54) is 12.1 Å². The van der Waals surface area contributed by atoms with Gasteiger partial charge in [0.2, 0.25) is 0 Å². The highest BCUT2D eigenvalue weighted by Crippen LogP contribution is 2.39. The third kappa shape index (κ3) is 13.6. The Morgan fingerprint density at radius 2 is 0.632 bits per heavy atom. The summed E-state index contributed by atoms with van der Waals surface area (Å²) in [4.78, 5) is 28.4. The molecular weight excluding hydrogens is 1110 g/mol. The molecule has 11 aromatic rings. The summed E-state index contributed by atoms with van der Waals surface area (Å²) in [6.07, 6.45) is 0. The van der Waals surface area contributed by atoms with Crippen LogP contribution in [0.2, 0.25) is 5.15 Å². The fourth-order valence-corrected chi connectivity index (χ4v) is 9.92. The minimum Gasteiger partial charge on any atom is -0.399 e. The topological polar surface area (TPSA) is 114 Å². The van der Waals surface area contributed by atoms with Gasteiger partial charge >= 0.3 is 14.2 Å². The Balaban J connectivity index is 0.000000150. The molecule has 0 N–H and O–H groups in total. The zero-order valence-corrected chi connectivity index (χ0v) is 50.4. The first-order valence-corrected chi connectivity index (χ1v) is 29.1. The molecule has 2 saturated heterocycles. The van der Waals surface area contributed by atoms with Gasteiger partial charge < -0.3 is 18.6 Å². The second-order valence-electron chi connectivity index (χ2n) is 23.2. The van der Waals surface area contributed by atoms with Gasteiger partial charge in [-0.1, -0.05) is 206 Å². The van der Waals surface area contributed by atoms with Crippen LogP contribution in [-0.4, -0.2) is 66.5 Å². The van der Waals surface area contributed by atoms with Crippen LogP contribution in [0.3, 0.4) is 0 Å². The Morgan fingerprint density at radius 3 is 1.05 bits per heavy atom. The summed E-state index contributed by atoms with van der Waals surface area (Å²) in [7, 11) is -1.31. The van der Waals surface area contributed by atoms with Crippen molar-refractivity contribution in [2.45, 2.75) is 77.8 Å². The minimum atomic E-state index is -0.757. The molecule has 0 bridgehead atoms. The van der Waals surface area contributed by atoms with Crippen LogP contribution < -0.4 is 10.9 Å². The van der Waals surface area contributed by atoms with Crippen molar-refractivity contribution in [1.82, 2.24) is 29.9 Å². The molecule has 15 heteroatoms. The summed E-state index contributed by atoms with van der Waals surface area (Å²) in [5, 5.41) is 0.452. The lowest BCUT2D eigenvalue weighted by molar-refractivity contribution is 0.00578. The SMILES string of the molecule is CC1(C)OB(c2ccc(F)c(B3OC(C)(C)C(C)(C)O3)c2)OC1(C)C.Clc1cc(-c2ccccc2)nc(-c2ccccc2)n1.Fc1ccc(-c2cc(-c3ccccc3)nc(-c3ccccc3)n2)cc1-c1cc(-c2ccccc2)nc(-c2ccccc2)n1. The van der Waals surface area contributed by atoms with Crippen molar-refractivity contribution in [3.63, 3.8) is 0 Å². The fourth-order valence-electron chi connectivity index (χ4n) is 9.74. The molecule has 432 valence electrons. The lowest BCUT2D eigenvalue weighted by Crippen LogP contribution is -2.42. The number of halogens is 3. The van der Waals surface area contributed by atoms with Gasteiger partial charge in [0.25, 0.3) is 0 Å². The van der Waals surface area contributed by atoms with Crippen LogP contribution in [0.25, 0.3) is 90.5 Å². The van der Waals surface area contributed by atoms with Gasteiger partial charge in [0.15, 0.2) is 17.5 Å². The minimum absolute atomic E-state index is 0.362. The monoisotopic (exact) mass is 1170 g/mol. The van der Waals surface area contributed by atoms with Crippen molar-refractivity contribution in [3.05, 3.63) is 253 Å². The number of benzene rings is 8. The molecule has 0 radical (unpaired) electrons. The van der Waals surface area contributed by atoms with Gasteiger partial charge in [0, 0.05) is 56.0 Å². The van der Waals surface area contributed by atoms with Crippen LogP contribution in [0, 0.1) is 11.6 Å². The van der Waals surface area contributed by atoms with Crippen LogP contribution >= 0.6 is 11.6 Å². The number of aromatic nitrogens is 6. The molecule has 0 unspecified atom stereocenters. The summed E-state index contributed by atoms with van der Waals surface area (Å²) in [5.41, 5.74) is 9.48.